The van der Waals surface area contributed by atoms with Gasteiger partial charge in [0.2, 0.25) is 10.0 Å². The Hall–Kier alpha value is -4.06. The normalized spacial score (nSPS) is 15.5. The van der Waals surface area contributed by atoms with Gasteiger partial charge in [-0.1, -0.05) is 35.9 Å². The summed E-state index contributed by atoms with van der Waals surface area (Å²) in [4.78, 5) is 36.8. The highest BCUT2D eigenvalue weighted by Gasteiger charge is 2.36. The highest BCUT2D eigenvalue weighted by Crippen LogP contribution is 2.25. The molecular weight excluding hydrogens is 558 g/mol. The molecule has 208 valence electrons. The number of nitrogens with zero attached hydrogens (tertiary/aromatic N) is 3. The highest BCUT2D eigenvalue weighted by molar-refractivity contribution is 7.92. The molecule has 0 bridgehead atoms. The third kappa shape index (κ3) is 6.92. The number of esters is 1. The van der Waals surface area contributed by atoms with Crippen LogP contribution in [0.25, 0.3) is 6.08 Å². The van der Waals surface area contributed by atoms with Gasteiger partial charge in [-0.2, -0.15) is 4.31 Å². The van der Waals surface area contributed by atoms with Gasteiger partial charge in [0.05, 0.1) is 17.6 Å². The molecular formula is C28H26ClN3O7S. The van der Waals surface area contributed by atoms with Gasteiger partial charge in [0.25, 0.3) is 11.6 Å². The number of sulfonamides is 1. The Morgan fingerprint density at radius 2 is 1.68 bits per heavy atom. The number of methoxy groups -OCH3 is 1. The van der Waals surface area contributed by atoms with E-state index in [-0.39, 0.29) is 30.2 Å². The number of non-ortho nitro benzene ring substituents is 1. The number of amides is 1. The molecule has 3 aromatic carbocycles. The smallest absolute Gasteiger partial charge is 0.337 e. The van der Waals surface area contributed by atoms with Crippen LogP contribution in [0.3, 0.4) is 0 Å². The van der Waals surface area contributed by atoms with Crippen molar-refractivity contribution < 1.29 is 27.7 Å². The number of likely N-dealkylation sites (tertiary alicyclic amines) is 1. The monoisotopic (exact) mass is 583 g/mol. The van der Waals surface area contributed by atoms with Gasteiger partial charge in [-0.15, -0.1) is 0 Å². The van der Waals surface area contributed by atoms with Crippen molar-refractivity contribution in [2.24, 2.45) is 0 Å². The predicted octanol–water partition coefficient (Wildman–Crippen LogP) is 4.75. The van der Waals surface area contributed by atoms with Gasteiger partial charge in [-0.3, -0.25) is 14.9 Å². The zero-order valence-electron chi connectivity index (χ0n) is 21.5. The van der Waals surface area contributed by atoms with Crippen LogP contribution in [-0.4, -0.2) is 60.7 Å². The zero-order chi connectivity index (χ0) is 28.9. The standard InChI is InChI=1S/C28H26ClN3O7S/c1-39-28(34)23-6-2-21(3-7-23)18-31(40(37,38)17-15-20-4-10-24(29)11-5-20)26-14-16-30(19-26)27(33)22-8-12-25(13-9-22)32(35)36/h2-13,15,17,26H,14,16,18-19H2,1H3/b17-15+. The van der Waals surface area contributed by atoms with E-state index in [4.69, 9.17) is 16.3 Å². The molecule has 3 aromatic rings. The van der Waals surface area contributed by atoms with E-state index < -0.39 is 27.0 Å². The molecule has 0 saturated carbocycles. The van der Waals surface area contributed by atoms with Crippen LogP contribution in [0.1, 0.15) is 38.3 Å². The molecule has 0 aromatic heterocycles. The molecule has 1 aliphatic rings. The van der Waals surface area contributed by atoms with Gasteiger partial charge in [0.1, 0.15) is 0 Å². The minimum absolute atomic E-state index is 0.0129. The molecule has 1 fully saturated rings. The van der Waals surface area contributed by atoms with Gasteiger partial charge >= 0.3 is 5.97 Å². The van der Waals surface area contributed by atoms with Crippen molar-refractivity contribution in [2.45, 2.75) is 19.0 Å². The Balaban J connectivity index is 1.58. The van der Waals surface area contributed by atoms with Crippen molar-refractivity contribution in [1.29, 1.82) is 0 Å². The number of halogens is 1. The third-order valence-electron chi connectivity index (χ3n) is 6.53. The lowest BCUT2D eigenvalue weighted by molar-refractivity contribution is -0.384. The third-order valence-corrected chi connectivity index (χ3v) is 8.34. The molecule has 0 radical (unpaired) electrons. The first kappa shape index (κ1) is 28.9. The van der Waals surface area contributed by atoms with Crippen molar-refractivity contribution in [3.63, 3.8) is 0 Å². The second kappa shape index (κ2) is 12.4. The number of benzene rings is 3. The van der Waals surface area contributed by atoms with Gasteiger partial charge < -0.3 is 9.64 Å². The van der Waals surface area contributed by atoms with Crippen molar-refractivity contribution >= 4 is 45.3 Å². The lowest BCUT2D eigenvalue weighted by Crippen LogP contribution is -2.41. The Kier molecular flexibility index (Phi) is 8.98. The number of ether oxygens (including phenoxy) is 1. The van der Waals surface area contributed by atoms with E-state index in [1.54, 1.807) is 48.5 Å². The predicted molar refractivity (Wildman–Crippen MR) is 150 cm³/mol. The Labute approximate surface area is 236 Å². The van der Waals surface area contributed by atoms with Gasteiger partial charge in [0.15, 0.2) is 0 Å². The average Bonchev–Trinajstić information content (AvgIpc) is 3.45. The fourth-order valence-electron chi connectivity index (χ4n) is 4.36. The summed E-state index contributed by atoms with van der Waals surface area (Å²) in [6, 6.07) is 17.9. The first-order valence-corrected chi connectivity index (χ1v) is 14.1. The van der Waals surface area contributed by atoms with E-state index >= 15 is 0 Å². The lowest BCUT2D eigenvalue weighted by atomic mass is 10.1. The number of hydrogen-bond acceptors (Lipinski definition) is 7. The first-order chi connectivity index (χ1) is 19.1. The van der Waals surface area contributed by atoms with E-state index in [1.165, 1.54) is 46.7 Å². The van der Waals surface area contributed by atoms with E-state index in [2.05, 4.69) is 0 Å². The summed E-state index contributed by atoms with van der Waals surface area (Å²) in [6.45, 7) is 0.470. The van der Waals surface area contributed by atoms with Crippen molar-refractivity contribution in [1.82, 2.24) is 9.21 Å². The fraction of sp³-hybridized carbons (Fsp3) is 0.214. The minimum atomic E-state index is -3.96. The summed E-state index contributed by atoms with van der Waals surface area (Å²) >= 11 is 5.93. The molecule has 0 N–H and O–H groups in total. The largest absolute Gasteiger partial charge is 0.465 e. The average molecular weight is 584 g/mol. The Bertz CT molecular complexity index is 1520. The van der Waals surface area contributed by atoms with Crippen molar-refractivity contribution in [2.75, 3.05) is 20.2 Å². The number of rotatable bonds is 9. The molecule has 1 saturated heterocycles. The van der Waals surface area contributed by atoms with Gasteiger partial charge in [0, 0.05) is 53.8 Å². The highest BCUT2D eigenvalue weighted by atomic mass is 35.5. The molecule has 1 unspecified atom stereocenters. The molecule has 0 spiro atoms. The molecule has 1 aliphatic heterocycles. The lowest BCUT2D eigenvalue weighted by Gasteiger charge is -2.27. The molecule has 12 heteroatoms. The van der Waals surface area contributed by atoms with Gasteiger partial charge in [-0.05, 0) is 60.0 Å². The second-order valence-electron chi connectivity index (χ2n) is 9.13. The Morgan fingerprint density at radius 1 is 1.05 bits per heavy atom. The van der Waals surface area contributed by atoms with Crippen LogP contribution in [0.5, 0.6) is 0 Å². The van der Waals surface area contributed by atoms with Crippen LogP contribution in [0, 0.1) is 10.1 Å². The summed E-state index contributed by atoms with van der Waals surface area (Å²) in [5.41, 5.74) is 1.79. The molecule has 0 aliphatic carbocycles. The van der Waals surface area contributed by atoms with Crippen LogP contribution in [0.4, 0.5) is 5.69 Å². The minimum Gasteiger partial charge on any atom is -0.465 e. The summed E-state index contributed by atoms with van der Waals surface area (Å²) in [5, 5.41) is 12.6. The molecule has 4 rings (SSSR count). The maximum absolute atomic E-state index is 13.6. The summed E-state index contributed by atoms with van der Waals surface area (Å²) < 4.78 is 33.3. The van der Waals surface area contributed by atoms with E-state index in [1.807, 2.05) is 0 Å². The summed E-state index contributed by atoms with van der Waals surface area (Å²) in [6.07, 6.45) is 1.88. The second-order valence-corrected chi connectivity index (χ2v) is 11.3. The maximum atomic E-state index is 13.6. The summed E-state index contributed by atoms with van der Waals surface area (Å²) in [7, 11) is -2.68. The van der Waals surface area contributed by atoms with Crippen LogP contribution in [0.2, 0.25) is 5.02 Å². The molecule has 40 heavy (non-hydrogen) atoms. The van der Waals surface area contributed by atoms with Crippen LogP contribution in [-0.2, 0) is 21.3 Å². The first-order valence-electron chi connectivity index (χ1n) is 12.2. The molecule has 10 nitrogen and oxygen atoms in total. The van der Waals surface area contributed by atoms with E-state index in [9.17, 15) is 28.1 Å². The molecule has 1 amide bonds. The number of carbonyl (C=O) groups excluding carboxylic acids is 2. The van der Waals surface area contributed by atoms with E-state index in [0.717, 1.165) is 5.41 Å². The maximum Gasteiger partial charge on any atom is 0.337 e. The SMILES string of the molecule is COC(=O)c1ccc(CN(C2CCN(C(=O)c3ccc([N+](=O)[O-])cc3)C2)S(=O)(=O)/C=C/c2ccc(Cl)cc2)cc1. The zero-order valence-corrected chi connectivity index (χ0v) is 23.0. The molecule has 1 heterocycles. The quantitative estimate of drug-likeness (QED) is 0.202. The number of nitro benzene ring substituents is 1. The fourth-order valence-corrected chi connectivity index (χ4v) is 5.89. The number of nitro groups is 1. The number of carbonyl (C=O) groups is 2. The topological polar surface area (TPSA) is 127 Å². The van der Waals surface area contributed by atoms with Crippen LogP contribution >= 0.6 is 11.6 Å². The van der Waals surface area contributed by atoms with Crippen molar-refractivity contribution in [3.8, 4) is 0 Å². The summed E-state index contributed by atoms with van der Waals surface area (Å²) in [5.74, 6) is -0.841. The number of hydrogen-bond donors (Lipinski definition) is 0. The van der Waals surface area contributed by atoms with E-state index in [0.29, 0.717) is 34.7 Å². The van der Waals surface area contributed by atoms with Crippen LogP contribution in [0.15, 0.2) is 78.2 Å². The van der Waals surface area contributed by atoms with Crippen LogP contribution < -0.4 is 0 Å². The van der Waals surface area contributed by atoms with Gasteiger partial charge in [-0.25, -0.2) is 13.2 Å². The van der Waals surface area contributed by atoms with Crippen molar-refractivity contribution in [3.05, 3.63) is 116 Å². The molecule has 1 atom stereocenters. The Morgan fingerprint density at radius 3 is 2.27 bits per heavy atom.